The van der Waals surface area contributed by atoms with E-state index in [4.69, 9.17) is 4.42 Å². The molecule has 3 nitrogen and oxygen atoms in total. The van der Waals surface area contributed by atoms with Gasteiger partial charge in [-0.05, 0) is 76.7 Å². The molecule has 0 unspecified atom stereocenters. The number of furan rings is 1. The van der Waals surface area contributed by atoms with E-state index >= 15 is 0 Å². The van der Waals surface area contributed by atoms with Crippen LogP contribution in [0.5, 0.6) is 0 Å². The smallest absolute Gasteiger partial charge is 0.143 e. The summed E-state index contributed by atoms with van der Waals surface area (Å²) < 4.78 is 9.40. The molecule has 0 saturated heterocycles. The summed E-state index contributed by atoms with van der Waals surface area (Å²) >= 11 is 0. The first-order valence-corrected chi connectivity index (χ1v) is 21.9. The molecule has 0 amide bonds. The van der Waals surface area contributed by atoms with E-state index in [1.807, 2.05) is 0 Å². The average molecular weight is 819 g/mol. The van der Waals surface area contributed by atoms with E-state index in [9.17, 15) is 0 Å². The SMILES string of the molecule is Cc1ccccc1-c1cccc(-c2cccc(-c3cccc4c3oc3c(-c5ccccc5)cccc34)c2Nc2ccc(-c3ccccc3-n3c4ccccc4c4ccccc43)cc2)c1. The van der Waals surface area contributed by atoms with Crippen molar-refractivity contribution in [2.75, 3.05) is 5.32 Å². The van der Waals surface area contributed by atoms with Crippen molar-refractivity contribution in [3.63, 3.8) is 0 Å². The van der Waals surface area contributed by atoms with E-state index in [0.29, 0.717) is 0 Å². The zero-order valence-electron chi connectivity index (χ0n) is 35.3. The highest BCUT2D eigenvalue weighted by molar-refractivity contribution is 6.14. The van der Waals surface area contributed by atoms with Gasteiger partial charge in [0.25, 0.3) is 0 Å². The number of nitrogens with one attached hydrogen (secondary N) is 1. The number of aromatic nitrogens is 1. The molecule has 2 aromatic heterocycles. The Morgan fingerprint density at radius 2 is 0.828 bits per heavy atom. The second kappa shape index (κ2) is 15.5. The third kappa shape index (κ3) is 6.29. The van der Waals surface area contributed by atoms with Gasteiger partial charge in [0.2, 0.25) is 0 Å². The van der Waals surface area contributed by atoms with Crippen LogP contribution in [0, 0.1) is 6.92 Å². The highest BCUT2D eigenvalue weighted by Crippen LogP contribution is 2.46. The summed E-state index contributed by atoms with van der Waals surface area (Å²) in [7, 11) is 0. The number of rotatable bonds is 8. The summed E-state index contributed by atoms with van der Waals surface area (Å²) in [5.74, 6) is 0. The van der Waals surface area contributed by atoms with Crippen LogP contribution in [0.2, 0.25) is 0 Å². The van der Waals surface area contributed by atoms with Crippen LogP contribution in [0.15, 0.2) is 235 Å². The van der Waals surface area contributed by atoms with Crippen LogP contribution in [-0.2, 0) is 0 Å². The lowest BCUT2D eigenvalue weighted by atomic mass is 9.92. The normalized spacial score (nSPS) is 11.5. The van der Waals surface area contributed by atoms with E-state index in [-0.39, 0.29) is 0 Å². The molecule has 0 bridgehead atoms. The molecule has 12 rings (SSSR count). The van der Waals surface area contributed by atoms with Gasteiger partial charge < -0.3 is 14.3 Å². The quantitative estimate of drug-likeness (QED) is 0.166. The maximum atomic E-state index is 6.99. The van der Waals surface area contributed by atoms with Crippen molar-refractivity contribution >= 4 is 55.1 Å². The standard InChI is InChI=1S/C61H42N2O/c1-40-17-5-6-22-46(40)43-20-13-21-44(39-43)48-26-14-28-52(53-29-16-31-55-54-30-15-27-49(60(54)64-61(53)55)41-18-3-2-4-19-41)59(48)62-45-37-35-42(36-38-45)47-23-7-10-32-56(47)63-57-33-11-8-24-50(57)51-25-9-12-34-58(51)63/h2-39,62H,1H3. The first-order valence-electron chi connectivity index (χ1n) is 21.9. The summed E-state index contributed by atoms with van der Waals surface area (Å²) in [5.41, 5.74) is 19.8. The lowest BCUT2D eigenvalue weighted by molar-refractivity contribution is 0.671. The molecule has 10 aromatic carbocycles. The van der Waals surface area contributed by atoms with Gasteiger partial charge in [0.15, 0.2) is 0 Å². The van der Waals surface area contributed by atoms with Crippen molar-refractivity contribution in [1.82, 2.24) is 4.57 Å². The van der Waals surface area contributed by atoms with Gasteiger partial charge in [0.1, 0.15) is 11.2 Å². The number of benzene rings is 10. The number of fused-ring (bicyclic) bond motifs is 6. The molecule has 3 heteroatoms. The Labute approximate surface area is 372 Å². The fraction of sp³-hybridized carbons (Fsp3) is 0.0164. The molecule has 0 aliphatic rings. The van der Waals surface area contributed by atoms with Crippen LogP contribution in [-0.4, -0.2) is 4.57 Å². The Hall–Kier alpha value is -8.40. The molecule has 0 radical (unpaired) electrons. The molecule has 0 atom stereocenters. The molecule has 64 heavy (non-hydrogen) atoms. The maximum absolute atomic E-state index is 6.99. The number of nitrogens with zero attached hydrogens (tertiary/aromatic N) is 1. The Morgan fingerprint density at radius 1 is 0.344 bits per heavy atom. The fourth-order valence-electron chi connectivity index (χ4n) is 9.75. The van der Waals surface area contributed by atoms with Crippen molar-refractivity contribution in [1.29, 1.82) is 0 Å². The minimum Gasteiger partial charge on any atom is -0.455 e. The molecular formula is C61H42N2O. The summed E-state index contributed by atoms with van der Waals surface area (Å²) in [5, 5.41) is 8.66. The van der Waals surface area contributed by atoms with Gasteiger partial charge >= 0.3 is 0 Å². The predicted molar refractivity (Wildman–Crippen MR) is 270 cm³/mol. The lowest BCUT2D eigenvalue weighted by Gasteiger charge is -2.19. The predicted octanol–water partition coefficient (Wildman–Crippen LogP) is 17.1. The number of hydrogen-bond donors (Lipinski definition) is 1. The highest BCUT2D eigenvalue weighted by Gasteiger charge is 2.21. The third-order valence-corrected chi connectivity index (χ3v) is 12.8. The summed E-state index contributed by atoms with van der Waals surface area (Å²) in [6.45, 7) is 2.18. The van der Waals surface area contributed by atoms with E-state index in [2.05, 4.69) is 247 Å². The summed E-state index contributed by atoms with van der Waals surface area (Å²) in [6.07, 6.45) is 0. The Balaban J connectivity index is 1.00. The van der Waals surface area contributed by atoms with Crippen molar-refractivity contribution in [2.45, 2.75) is 6.92 Å². The molecule has 0 aliphatic heterocycles. The molecule has 0 spiro atoms. The number of aryl methyl sites for hydroxylation is 1. The van der Waals surface area contributed by atoms with Crippen LogP contribution in [0.4, 0.5) is 11.4 Å². The number of para-hydroxylation sites is 6. The average Bonchev–Trinajstić information content (AvgIpc) is 3.91. The van der Waals surface area contributed by atoms with Crippen molar-refractivity contribution < 1.29 is 4.42 Å². The van der Waals surface area contributed by atoms with Gasteiger partial charge in [0.05, 0.1) is 22.4 Å². The van der Waals surface area contributed by atoms with E-state index in [1.165, 1.54) is 44.1 Å². The maximum Gasteiger partial charge on any atom is 0.143 e. The van der Waals surface area contributed by atoms with E-state index < -0.39 is 0 Å². The number of anilines is 2. The zero-order valence-corrected chi connectivity index (χ0v) is 35.3. The van der Waals surface area contributed by atoms with Gasteiger partial charge in [-0.25, -0.2) is 0 Å². The minimum atomic E-state index is 0.867. The molecule has 0 saturated carbocycles. The first kappa shape index (κ1) is 37.4. The van der Waals surface area contributed by atoms with Crippen LogP contribution < -0.4 is 5.32 Å². The topological polar surface area (TPSA) is 30.1 Å². The molecule has 0 aliphatic carbocycles. The monoisotopic (exact) mass is 818 g/mol. The molecule has 0 fully saturated rings. The van der Waals surface area contributed by atoms with Gasteiger partial charge in [0, 0.05) is 55.0 Å². The molecular weight excluding hydrogens is 777 g/mol. The summed E-state index contributed by atoms with van der Waals surface area (Å²) in [4.78, 5) is 0. The second-order valence-electron chi connectivity index (χ2n) is 16.5. The minimum absolute atomic E-state index is 0.867. The summed E-state index contributed by atoms with van der Waals surface area (Å²) in [6, 6.07) is 82.6. The Bertz CT molecular complexity index is 3650. The molecule has 302 valence electrons. The van der Waals surface area contributed by atoms with Gasteiger partial charge in [-0.1, -0.05) is 194 Å². The van der Waals surface area contributed by atoms with E-state index in [0.717, 1.165) is 77.9 Å². The Morgan fingerprint density at radius 3 is 1.56 bits per heavy atom. The second-order valence-corrected chi connectivity index (χ2v) is 16.5. The third-order valence-electron chi connectivity index (χ3n) is 12.8. The van der Waals surface area contributed by atoms with Gasteiger partial charge in [-0.15, -0.1) is 0 Å². The van der Waals surface area contributed by atoms with Crippen molar-refractivity contribution in [3.05, 3.63) is 236 Å². The first-order chi connectivity index (χ1) is 31.7. The lowest BCUT2D eigenvalue weighted by Crippen LogP contribution is -1.98. The van der Waals surface area contributed by atoms with Crippen molar-refractivity contribution in [2.24, 2.45) is 0 Å². The van der Waals surface area contributed by atoms with Crippen LogP contribution in [0.25, 0.3) is 105 Å². The van der Waals surface area contributed by atoms with Crippen molar-refractivity contribution in [3.8, 4) is 61.3 Å². The van der Waals surface area contributed by atoms with Crippen LogP contribution in [0.1, 0.15) is 5.56 Å². The zero-order chi connectivity index (χ0) is 42.6. The molecule has 2 heterocycles. The van der Waals surface area contributed by atoms with E-state index in [1.54, 1.807) is 0 Å². The van der Waals surface area contributed by atoms with Crippen LogP contribution in [0.3, 0.4) is 0 Å². The molecule has 12 aromatic rings. The van der Waals surface area contributed by atoms with Crippen LogP contribution >= 0.6 is 0 Å². The van der Waals surface area contributed by atoms with Gasteiger partial charge in [-0.2, -0.15) is 0 Å². The molecule has 1 N–H and O–H groups in total. The highest BCUT2D eigenvalue weighted by atomic mass is 16.3. The van der Waals surface area contributed by atoms with Gasteiger partial charge in [-0.3, -0.25) is 0 Å². The number of hydrogen-bond acceptors (Lipinski definition) is 2. The largest absolute Gasteiger partial charge is 0.455 e. The fourth-order valence-corrected chi connectivity index (χ4v) is 9.75. The Kier molecular flexibility index (Phi) is 9.05.